The molecule has 0 radical (unpaired) electrons. The third-order valence-corrected chi connectivity index (χ3v) is 10.8. The van der Waals surface area contributed by atoms with Gasteiger partial charge in [-0.15, -0.1) is 11.3 Å². The molecule has 6 aromatic rings. The van der Waals surface area contributed by atoms with Gasteiger partial charge in [0, 0.05) is 34.6 Å². The average molecular weight is 718 g/mol. The number of nitrogens with zero attached hydrogens (tertiary/aromatic N) is 3. The summed E-state index contributed by atoms with van der Waals surface area (Å²) in [7, 11) is -1.80. The van der Waals surface area contributed by atoms with Gasteiger partial charge >= 0.3 is 0 Å². The number of ether oxygens (including phenoxy) is 2. The van der Waals surface area contributed by atoms with Crippen LogP contribution in [-0.4, -0.2) is 42.8 Å². The lowest BCUT2D eigenvalue weighted by Gasteiger charge is -2.15. The second-order valence-electron chi connectivity index (χ2n) is 11.1. The Morgan fingerprint density at radius 2 is 1.82 bits per heavy atom. The fourth-order valence-electron chi connectivity index (χ4n) is 5.26. The Morgan fingerprint density at radius 1 is 0.980 bits per heavy atom. The summed E-state index contributed by atoms with van der Waals surface area (Å²) in [5, 5.41) is 10.6. The Balaban J connectivity index is 1.19. The van der Waals surface area contributed by atoms with Crippen LogP contribution in [-0.2, 0) is 16.4 Å². The van der Waals surface area contributed by atoms with E-state index in [0.717, 1.165) is 22.4 Å². The number of hydrogen-bond donors (Lipinski definition) is 2. The van der Waals surface area contributed by atoms with Crippen molar-refractivity contribution < 1.29 is 22.3 Å². The fraction of sp³-hybridized carbons (Fsp3) is 0.194. The number of anilines is 2. The summed E-state index contributed by atoms with van der Waals surface area (Å²) in [6.45, 7) is 2.50. The summed E-state index contributed by atoms with van der Waals surface area (Å²) >= 11 is 8.05. The van der Waals surface area contributed by atoms with Gasteiger partial charge in [-0.2, -0.15) is 0 Å². The van der Waals surface area contributed by atoms with Gasteiger partial charge in [0.25, 0.3) is 0 Å². The summed E-state index contributed by atoms with van der Waals surface area (Å²) < 4.78 is 50.6. The molecule has 9 nitrogen and oxygen atoms in total. The number of fused-ring (bicyclic) bond motifs is 1. The second kappa shape index (κ2) is 15.3. The minimum absolute atomic E-state index is 0.0180. The largest absolute Gasteiger partial charge is 0.496 e. The van der Waals surface area contributed by atoms with E-state index in [4.69, 9.17) is 26.1 Å². The van der Waals surface area contributed by atoms with E-state index in [2.05, 4.69) is 20.6 Å². The van der Waals surface area contributed by atoms with Crippen molar-refractivity contribution >= 4 is 55.2 Å². The fourth-order valence-corrected chi connectivity index (χ4v) is 7.67. The van der Waals surface area contributed by atoms with Crippen molar-refractivity contribution in [3.8, 4) is 22.8 Å². The molecule has 0 aliphatic heterocycles. The molecule has 1 atom stereocenters. The zero-order valence-corrected chi connectivity index (χ0v) is 29.1. The third kappa shape index (κ3) is 8.16. The molecule has 1 unspecified atom stereocenters. The number of nitrogens with one attached hydrogen (secondary N) is 2. The maximum atomic E-state index is 13.5. The molecule has 252 valence electrons. The first kappa shape index (κ1) is 34.3. The number of thiazole rings is 1. The molecule has 6 rings (SSSR count). The van der Waals surface area contributed by atoms with Crippen molar-refractivity contribution in [2.24, 2.45) is 0 Å². The quantitative estimate of drug-likeness (QED) is 0.115. The first-order valence-electron chi connectivity index (χ1n) is 15.5. The molecule has 2 N–H and O–H groups in total. The number of sulfone groups is 1. The topological polar surface area (TPSA) is 115 Å². The van der Waals surface area contributed by atoms with Crippen LogP contribution in [0, 0.1) is 5.82 Å². The third-order valence-electron chi connectivity index (χ3n) is 7.80. The Morgan fingerprint density at radius 3 is 2.57 bits per heavy atom. The van der Waals surface area contributed by atoms with Crippen LogP contribution in [0.2, 0.25) is 5.02 Å². The van der Waals surface area contributed by atoms with E-state index >= 15 is 0 Å². The van der Waals surface area contributed by atoms with Crippen LogP contribution in [0.15, 0.2) is 102 Å². The molecule has 13 heteroatoms. The zero-order chi connectivity index (χ0) is 34.4. The predicted molar refractivity (Wildman–Crippen MR) is 192 cm³/mol. The van der Waals surface area contributed by atoms with E-state index in [1.54, 1.807) is 61.7 Å². The SMILES string of the molecule is CCC(NCCS(=O)(=O)c1ccccc1)c1nc(-c2cc3c(Nc4ccc(OCc5cccc(F)c5)c(Cl)c4)ncnc3cc2OC)cs1. The highest BCUT2D eigenvalue weighted by Gasteiger charge is 2.20. The first-order chi connectivity index (χ1) is 23.7. The lowest BCUT2D eigenvalue weighted by atomic mass is 10.1. The van der Waals surface area contributed by atoms with Crippen LogP contribution in [0.1, 0.15) is 30.0 Å². The summed E-state index contributed by atoms with van der Waals surface area (Å²) in [6, 6.07) is 23.6. The summed E-state index contributed by atoms with van der Waals surface area (Å²) in [5.74, 6) is 1.28. The summed E-state index contributed by atoms with van der Waals surface area (Å²) in [5.41, 5.74) is 3.52. The zero-order valence-electron chi connectivity index (χ0n) is 26.7. The van der Waals surface area contributed by atoms with Gasteiger partial charge in [0.05, 0.1) is 40.0 Å². The van der Waals surface area contributed by atoms with Gasteiger partial charge in [0.1, 0.15) is 41.1 Å². The molecule has 0 saturated carbocycles. The van der Waals surface area contributed by atoms with E-state index in [1.165, 1.54) is 29.8 Å². The van der Waals surface area contributed by atoms with E-state index in [-0.39, 0.29) is 24.2 Å². The molecule has 0 saturated heterocycles. The number of rotatable bonds is 14. The van der Waals surface area contributed by atoms with Gasteiger partial charge in [-0.3, -0.25) is 0 Å². The van der Waals surface area contributed by atoms with Crippen LogP contribution >= 0.6 is 22.9 Å². The summed E-state index contributed by atoms with van der Waals surface area (Å²) in [6.07, 6.45) is 2.20. The highest BCUT2D eigenvalue weighted by Crippen LogP contribution is 2.38. The van der Waals surface area contributed by atoms with Gasteiger partial charge in [-0.25, -0.2) is 27.8 Å². The molecule has 0 amide bonds. The normalized spacial score (nSPS) is 12.2. The molecule has 2 heterocycles. The van der Waals surface area contributed by atoms with Crippen molar-refractivity contribution in [3.63, 3.8) is 0 Å². The molecule has 0 bridgehead atoms. The monoisotopic (exact) mass is 717 g/mol. The van der Waals surface area contributed by atoms with Crippen molar-refractivity contribution in [2.45, 2.75) is 30.9 Å². The Hall–Kier alpha value is -4.62. The van der Waals surface area contributed by atoms with Gasteiger partial charge < -0.3 is 20.1 Å². The standard InChI is InChI=1S/C36H33ClFN5O4S2/c1-3-30(39-14-15-49(44,45)26-10-5-4-6-11-26)36-43-32(21-48-36)27-18-28-31(19-34(27)46-2)40-22-41-35(28)42-25-12-13-33(29(37)17-25)47-20-23-8-7-9-24(38)16-23/h4-13,16-19,21-22,30,39H,3,14-15,20H2,1-2H3,(H,40,41,42). The molecular weight excluding hydrogens is 685 g/mol. The maximum Gasteiger partial charge on any atom is 0.179 e. The minimum Gasteiger partial charge on any atom is -0.496 e. The van der Waals surface area contributed by atoms with Crippen molar-refractivity contribution in [2.75, 3.05) is 24.7 Å². The molecule has 49 heavy (non-hydrogen) atoms. The maximum absolute atomic E-state index is 13.5. The van der Waals surface area contributed by atoms with E-state index < -0.39 is 9.84 Å². The first-order valence-corrected chi connectivity index (χ1v) is 18.4. The Bertz CT molecular complexity index is 2180. The highest BCUT2D eigenvalue weighted by atomic mass is 35.5. The second-order valence-corrected chi connectivity index (χ2v) is 14.5. The van der Waals surface area contributed by atoms with Crippen LogP contribution in [0.25, 0.3) is 22.2 Å². The van der Waals surface area contributed by atoms with Crippen LogP contribution in [0.4, 0.5) is 15.9 Å². The lowest BCUT2D eigenvalue weighted by Crippen LogP contribution is -2.27. The number of hydrogen-bond acceptors (Lipinski definition) is 10. The Labute approximate surface area is 293 Å². The highest BCUT2D eigenvalue weighted by molar-refractivity contribution is 7.91. The van der Waals surface area contributed by atoms with Crippen LogP contribution in [0.5, 0.6) is 11.5 Å². The number of aromatic nitrogens is 3. The van der Waals surface area contributed by atoms with Crippen molar-refractivity contribution in [1.82, 2.24) is 20.3 Å². The molecule has 0 spiro atoms. The molecule has 2 aromatic heterocycles. The number of halogens is 2. The van der Waals surface area contributed by atoms with E-state index in [0.29, 0.717) is 56.2 Å². The van der Waals surface area contributed by atoms with Crippen LogP contribution < -0.4 is 20.1 Å². The van der Waals surface area contributed by atoms with Gasteiger partial charge in [0.2, 0.25) is 0 Å². The number of methoxy groups -OCH3 is 1. The smallest absolute Gasteiger partial charge is 0.179 e. The molecule has 4 aromatic carbocycles. The minimum atomic E-state index is -3.40. The summed E-state index contributed by atoms with van der Waals surface area (Å²) in [4.78, 5) is 14.2. The number of benzene rings is 4. The molecule has 0 fully saturated rings. The molecular formula is C36H33ClFN5O4S2. The van der Waals surface area contributed by atoms with Gasteiger partial charge in [-0.1, -0.05) is 48.9 Å². The van der Waals surface area contributed by atoms with Crippen LogP contribution in [0.3, 0.4) is 0 Å². The van der Waals surface area contributed by atoms with Gasteiger partial charge in [-0.05, 0) is 60.5 Å². The lowest BCUT2D eigenvalue weighted by molar-refractivity contribution is 0.306. The Kier molecular flexibility index (Phi) is 10.7. The van der Waals surface area contributed by atoms with E-state index in [1.807, 2.05) is 30.5 Å². The molecule has 0 aliphatic carbocycles. The van der Waals surface area contributed by atoms with Crippen molar-refractivity contribution in [1.29, 1.82) is 0 Å². The van der Waals surface area contributed by atoms with Gasteiger partial charge in [0.15, 0.2) is 9.84 Å². The predicted octanol–water partition coefficient (Wildman–Crippen LogP) is 8.39. The van der Waals surface area contributed by atoms with E-state index in [9.17, 15) is 12.8 Å². The molecule has 0 aliphatic rings. The average Bonchev–Trinajstić information content (AvgIpc) is 3.60. The van der Waals surface area contributed by atoms with Crippen molar-refractivity contribution in [3.05, 3.63) is 118 Å².